The molecule has 1 aromatic carbocycles. The molecule has 20 heavy (non-hydrogen) atoms. The van der Waals surface area contributed by atoms with Crippen LogP contribution in [0.15, 0.2) is 36.5 Å². The van der Waals surface area contributed by atoms with Gasteiger partial charge in [-0.3, -0.25) is 0 Å². The molecule has 0 aliphatic rings. The number of aliphatic hydroxyl groups excluding tert-OH is 1. The number of ether oxygens (including phenoxy) is 1. The van der Waals surface area contributed by atoms with Crippen LogP contribution in [-0.2, 0) is 0 Å². The number of pyridine rings is 1. The van der Waals surface area contributed by atoms with Crippen LogP contribution in [0.2, 0.25) is 10.2 Å². The fraction of sp³-hybridized carbons (Fsp3) is 0.267. The van der Waals surface area contributed by atoms with E-state index < -0.39 is 6.10 Å². The van der Waals surface area contributed by atoms with E-state index >= 15 is 0 Å². The van der Waals surface area contributed by atoms with Gasteiger partial charge in [0.25, 0.3) is 0 Å². The molecule has 0 unspecified atom stereocenters. The van der Waals surface area contributed by atoms with Gasteiger partial charge in [0.1, 0.15) is 10.9 Å². The lowest BCUT2D eigenvalue weighted by Crippen LogP contribution is -2.08. The van der Waals surface area contributed by atoms with Gasteiger partial charge in [-0.25, -0.2) is 4.98 Å². The fourth-order valence-corrected chi connectivity index (χ4v) is 2.53. The minimum Gasteiger partial charge on any atom is -0.497 e. The van der Waals surface area contributed by atoms with Gasteiger partial charge < -0.3 is 9.84 Å². The Kier molecular flexibility index (Phi) is 4.86. The van der Waals surface area contributed by atoms with Crippen molar-refractivity contribution in [1.29, 1.82) is 0 Å². The largest absolute Gasteiger partial charge is 0.497 e. The first-order valence-corrected chi connectivity index (χ1v) is 6.91. The van der Waals surface area contributed by atoms with Crippen molar-refractivity contribution >= 4 is 23.2 Å². The minimum atomic E-state index is -0.722. The predicted octanol–water partition coefficient (Wildman–Crippen LogP) is 4.23. The topological polar surface area (TPSA) is 42.4 Å². The van der Waals surface area contributed by atoms with E-state index in [1.165, 1.54) is 0 Å². The van der Waals surface area contributed by atoms with Crippen molar-refractivity contribution in [2.24, 2.45) is 0 Å². The van der Waals surface area contributed by atoms with Crippen LogP contribution in [0.1, 0.15) is 30.1 Å². The van der Waals surface area contributed by atoms with Crippen LogP contribution in [0.3, 0.4) is 0 Å². The molecule has 0 saturated heterocycles. The number of benzene rings is 1. The van der Waals surface area contributed by atoms with Gasteiger partial charge in [-0.15, -0.1) is 0 Å². The molecule has 0 fully saturated rings. The maximum absolute atomic E-state index is 10.5. The molecular formula is C15H15Cl2NO2. The number of methoxy groups -OCH3 is 1. The molecule has 2 atom stereocenters. The Morgan fingerprint density at radius 2 is 1.95 bits per heavy atom. The molecule has 0 saturated carbocycles. The highest BCUT2D eigenvalue weighted by Crippen LogP contribution is 2.36. The molecular weight excluding hydrogens is 297 g/mol. The van der Waals surface area contributed by atoms with Crippen LogP contribution in [0.4, 0.5) is 0 Å². The van der Waals surface area contributed by atoms with E-state index in [9.17, 15) is 5.11 Å². The molecule has 0 spiro atoms. The zero-order chi connectivity index (χ0) is 14.7. The van der Waals surface area contributed by atoms with Gasteiger partial charge in [0.15, 0.2) is 0 Å². The third-order valence-electron chi connectivity index (χ3n) is 3.26. The maximum atomic E-state index is 10.5. The zero-order valence-corrected chi connectivity index (χ0v) is 12.7. The van der Waals surface area contributed by atoms with Crippen LogP contribution in [0.25, 0.3) is 0 Å². The fourth-order valence-electron chi connectivity index (χ4n) is 2.06. The molecule has 0 aliphatic heterocycles. The van der Waals surface area contributed by atoms with Crippen LogP contribution < -0.4 is 4.74 Å². The molecule has 5 heteroatoms. The van der Waals surface area contributed by atoms with E-state index in [-0.39, 0.29) is 5.92 Å². The number of hydrogen-bond donors (Lipinski definition) is 1. The Morgan fingerprint density at radius 3 is 2.60 bits per heavy atom. The summed E-state index contributed by atoms with van der Waals surface area (Å²) in [5.41, 5.74) is 1.53. The van der Waals surface area contributed by atoms with Crippen LogP contribution in [0.5, 0.6) is 5.75 Å². The summed E-state index contributed by atoms with van der Waals surface area (Å²) < 4.78 is 5.19. The van der Waals surface area contributed by atoms with E-state index in [1.54, 1.807) is 37.6 Å². The van der Waals surface area contributed by atoms with Crippen molar-refractivity contribution in [3.8, 4) is 5.75 Å². The summed E-state index contributed by atoms with van der Waals surface area (Å²) in [5, 5.41) is 11.4. The van der Waals surface area contributed by atoms with E-state index in [0.717, 1.165) is 5.56 Å². The number of hydrogen-bond acceptors (Lipinski definition) is 3. The van der Waals surface area contributed by atoms with Gasteiger partial charge in [0.05, 0.1) is 13.2 Å². The minimum absolute atomic E-state index is 0.198. The Labute approximate surface area is 128 Å². The smallest absolute Gasteiger partial charge is 0.129 e. The Bertz CT molecular complexity index is 604. The number of aromatic nitrogens is 1. The second kappa shape index (κ2) is 6.44. The SMILES string of the molecule is COc1ccc(Cl)c([C@@H](C)[C@H](O)c2ccnc(Cl)c2)c1. The Morgan fingerprint density at radius 1 is 1.20 bits per heavy atom. The van der Waals surface area contributed by atoms with Crippen molar-refractivity contribution in [1.82, 2.24) is 4.98 Å². The van der Waals surface area contributed by atoms with Gasteiger partial charge in [0.2, 0.25) is 0 Å². The lowest BCUT2D eigenvalue weighted by atomic mass is 9.91. The van der Waals surface area contributed by atoms with Crippen molar-refractivity contribution < 1.29 is 9.84 Å². The van der Waals surface area contributed by atoms with Gasteiger partial charge in [-0.1, -0.05) is 30.1 Å². The third-order valence-corrected chi connectivity index (χ3v) is 3.81. The highest BCUT2D eigenvalue weighted by atomic mass is 35.5. The molecule has 1 aromatic heterocycles. The summed E-state index contributed by atoms with van der Waals surface area (Å²) in [6, 6.07) is 8.77. The standard InChI is InChI=1S/C15H15Cl2NO2/c1-9(12-8-11(20-2)3-4-13(12)16)15(19)10-5-6-18-14(17)7-10/h3-9,15,19H,1-2H3/t9-,15+/m1/s1. The summed E-state index contributed by atoms with van der Waals surface area (Å²) in [7, 11) is 1.59. The quantitative estimate of drug-likeness (QED) is 0.859. The van der Waals surface area contributed by atoms with Crippen molar-refractivity contribution in [3.05, 3.63) is 57.8 Å². The second-order valence-corrected chi connectivity index (χ2v) is 5.33. The average molecular weight is 312 g/mol. The Balaban J connectivity index is 2.33. The zero-order valence-electron chi connectivity index (χ0n) is 11.2. The van der Waals surface area contributed by atoms with E-state index in [1.807, 2.05) is 13.0 Å². The lowest BCUT2D eigenvalue weighted by Gasteiger charge is -2.21. The average Bonchev–Trinajstić information content (AvgIpc) is 2.46. The van der Waals surface area contributed by atoms with Crippen molar-refractivity contribution in [2.45, 2.75) is 18.9 Å². The van der Waals surface area contributed by atoms with E-state index in [4.69, 9.17) is 27.9 Å². The Hall–Kier alpha value is -1.29. The molecule has 0 aliphatic carbocycles. The number of halogens is 2. The highest BCUT2D eigenvalue weighted by Gasteiger charge is 2.21. The summed E-state index contributed by atoms with van der Waals surface area (Å²) in [5.74, 6) is 0.507. The second-order valence-electron chi connectivity index (χ2n) is 4.53. The first-order chi connectivity index (χ1) is 9.52. The summed E-state index contributed by atoms with van der Waals surface area (Å²) in [6.45, 7) is 1.90. The first kappa shape index (κ1) is 15.1. The molecule has 1 N–H and O–H groups in total. The number of rotatable bonds is 4. The number of nitrogens with zero attached hydrogens (tertiary/aromatic N) is 1. The van der Waals surface area contributed by atoms with Crippen molar-refractivity contribution in [2.75, 3.05) is 7.11 Å². The third kappa shape index (κ3) is 3.23. The van der Waals surface area contributed by atoms with Crippen LogP contribution >= 0.6 is 23.2 Å². The summed E-state index contributed by atoms with van der Waals surface area (Å²) in [4.78, 5) is 3.91. The molecule has 2 aromatic rings. The normalized spacial score (nSPS) is 13.8. The summed E-state index contributed by atoms with van der Waals surface area (Å²) in [6.07, 6.45) is 0.848. The van der Waals surface area contributed by atoms with Crippen LogP contribution in [-0.4, -0.2) is 17.2 Å². The highest BCUT2D eigenvalue weighted by molar-refractivity contribution is 6.31. The molecule has 2 rings (SSSR count). The van der Waals surface area contributed by atoms with Gasteiger partial charge in [-0.05, 0) is 41.5 Å². The maximum Gasteiger partial charge on any atom is 0.129 e. The molecule has 1 heterocycles. The molecule has 0 radical (unpaired) electrons. The lowest BCUT2D eigenvalue weighted by molar-refractivity contribution is 0.151. The molecule has 106 valence electrons. The monoisotopic (exact) mass is 311 g/mol. The summed E-state index contributed by atoms with van der Waals surface area (Å²) >= 11 is 12.1. The predicted molar refractivity (Wildman–Crippen MR) is 80.6 cm³/mol. The number of aliphatic hydroxyl groups is 1. The van der Waals surface area contributed by atoms with Gasteiger partial charge in [0, 0.05) is 17.1 Å². The van der Waals surface area contributed by atoms with Crippen LogP contribution in [0, 0.1) is 0 Å². The molecule has 0 bridgehead atoms. The van der Waals surface area contributed by atoms with E-state index in [2.05, 4.69) is 4.98 Å². The van der Waals surface area contributed by atoms with E-state index in [0.29, 0.717) is 21.5 Å². The van der Waals surface area contributed by atoms with Crippen molar-refractivity contribution in [3.63, 3.8) is 0 Å². The van der Waals surface area contributed by atoms with Gasteiger partial charge in [-0.2, -0.15) is 0 Å². The molecule has 3 nitrogen and oxygen atoms in total. The first-order valence-electron chi connectivity index (χ1n) is 6.16. The molecule has 0 amide bonds. The van der Waals surface area contributed by atoms with Gasteiger partial charge >= 0.3 is 0 Å².